The lowest BCUT2D eigenvalue weighted by Crippen LogP contribution is -2.26. The van der Waals surface area contributed by atoms with E-state index in [1.807, 2.05) is 0 Å². The second kappa shape index (κ2) is 14.1. The van der Waals surface area contributed by atoms with E-state index in [-0.39, 0.29) is 0 Å². The first-order valence-electron chi connectivity index (χ1n) is 23.8. The first kappa shape index (κ1) is 37.4. The van der Waals surface area contributed by atoms with Crippen LogP contribution in [-0.2, 0) is 5.41 Å². The van der Waals surface area contributed by atoms with Crippen LogP contribution >= 0.6 is 0 Å². The van der Waals surface area contributed by atoms with Crippen molar-refractivity contribution in [3.05, 3.63) is 271 Å². The highest BCUT2D eigenvalue weighted by molar-refractivity contribution is 6.26. The molecule has 0 N–H and O–H groups in total. The lowest BCUT2D eigenvalue weighted by atomic mass is 9.70. The quantitative estimate of drug-likeness (QED) is 0.160. The summed E-state index contributed by atoms with van der Waals surface area (Å²) in [6, 6.07) is 93.5. The molecule has 0 bridgehead atoms. The summed E-state index contributed by atoms with van der Waals surface area (Å²) >= 11 is 0. The van der Waals surface area contributed by atoms with Crippen LogP contribution in [0, 0.1) is 0 Å². The molecular formula is C67H41N. The molecular weight excluding hydrogens is 819 g/mol. The monoisotopic (exact) mass is 859 g/mol. The molecule has 0 aromatic heterocycles. The molecule has 0 saturated carbocycles. The van der Waals surface area contributed by atoms with Gasteiger partial charge in [-0.3, -0.25) is 0 Å². The summed E-state index contributed by atoms with van der Waals surface area (Å²) in [4.78, 5) is 2.56. The van der Waals surface area contributed by atoms with Crippen molar-refractivity contribution in [2.24, 2.45) is 0 Å². The normalized spacial score (nSPS) is 13.1. The minimum atomic E-state index is -0.471. The van der Waals surface area contributed by atoms with Gasteiger partial charge in [0.2, 0.25) is 0 Å². The fourth-order valence-electron chi connectivity index (χ4n) is 12.8. The number of nitrogens with zero attached hydrogens (tertiary/aromatic N) is 1. The van der Waals surface area contributed by atoms with Crippen molar-refractivity contribution in [2.45, 2.75) is 5.41 Å². The zero-order valence-electron chi connectivity index (χ0n) is 37.1. The molecule has 0 saturated heterocycles. The molecule has 15 rings (SSSR count). The average Bonchev–Trinajstić information content (AvgIpc) is 3.89. The first-order chi connectivity index (χ1) is 33.8. The highest BCUT2D eigenvalue weighted by Crippen LogP contribution is 2.65. The number of fused-ring (bicyclic) bond motifs is 24. The third-order valence-corrected chi connectivity index (χ3v) is 15.4. The van der Waals surface area contributed by atoms with Crippen LogP contribution in [0.2, 0.25) is 0 Å². The highest BCUT2D eigenvalue weighted by atomic mass is 15.1. The van der Waals surface area contributed by atoms with Crippen molar-refractivity contribution >= 4 is 49.4 Å². The van der Waals surface area contributed by atoms with E-state index in [1.165, 1.54) is 121 Å². The molecule has 1 heteroatoms. The molecule has 1 nitrogen and oxygen atoms in total. The molecule has 0 radical (unpaired) electrons. The maximum absolute atomic E-state index is 2.56. The van der Waals surface area contributed by atoms with Crippen molar-refractivity contribution in [3.63, 3.8) is 0 Å². The number of hydrogen-bond donors (Lipinski definition) is 0. The van der Waals surface area contributed by atoms with E-state index in [2.05, 4.69) is 254 Å². The largest absolute Gasteiger partial charge is 0.310 e. The summed E-state index contributed by atoms with van der Waals surface area (Å²) in [5.74, 6) is 0. The second-order valence-corrected chi connectivity index (χ2v) is 18.6. The Morgan fingerprint density at radius 1 is 0.221 bits per heavy atom. The van der Waals surface area contributed by atoms with Gasteiger partial charge in [0.05, 0.1) is 11.1 Å². The van der Waals surface area contributed by atoms with E-state index in [0.717, 1.165) is 17.1 Å². The molecule has 3 aliphatic carbocycles. The fraction of sp³-hybridized carbons (Fsp3) is 0.0149. The number of benzene rings is 12. The van der Waals surface area contributed by atoms with Crippen LogP contribution in [0.3, 0.4) is 0 Å². The second-order valence-electron chi connectivity index (χ2n) is 18.6. The number of hydrogen-bond acceptors (Lipinski definition) is 1. The van der Waals surface area contributed by atoms with E-state index in [9.17, 15) is 0 Å². The Hall–Kier alpha value is -8.78. The first-order valence-corrected chi connectivity index (χ1v) is 23.8. The standard InChI is InChI=1S/C67H41N/c1-2-19-45-44(18-1)46-20-3-5-24-50(46)54-38-36-42(40-59(54)52-26-9-7-22-48(45)52)68(43-37-39-55-51-25-6-4-21-47(51)49-23-8-10-27-53(49)60(55)41-43)65-35-17-34-64-66(65)58-30-13-16-33-63(58)67(64)61-31-14-11-28-56(61)57-29-12-15-32-62(57)67/h1-41H. The van der Waals surface area contributed by atoms with Crippen LogP contribution in [0.4, 0.5) is 17.1 Å². The van der Waals surface area contributed by atoms with Crippen molar-refractivity contribution in [1.82, 2.24) is 0 Å². The van der Waals surface area contributed by atoms with Gasteiger partial charge >= 0.3 is 0 Å². The third kappa shape index (κ3) is 4.95. The minimum absolute atomic E-state index is 0.471. The van der Waals surface area contributed by atoms with Crippen LogP contribution in [0.1, 0.15) is 22.3 Å². The summed E-state index contributed by atoms with van der Waals surface area (Å²) < 4.78 is 0. The molecule has 314 valence electrons. The van der Waals surface area contributed by atoms with E-state index in [4.69, 9.17) is 0 Å². The van der Waals surface area contributed by atoms with Crippen molar-refractivity contribution in [3.8, 4) is 66.8 Å². The van der Waals surface area contributed by atoms with E-state index in [1.54, 1.807) is 0 Å². The van der Waals surface area contributed by atoms with Crippen molar-refractivity contribution in [2.75, 3.05) is 4.90 Å². The van der Waals surface area contributed by atoms with Crippen LogP contribution in [-0.4, -0.2) is 0 Å². The minimum Gasteiger partial charge on any atom is -0.310 e. The molecule has 0 heterocycles. The molecule has 0 atom stereocenters. The van der Waals surface area contributed by atoms with Crippen LogP contribution in [0.25, 0.3) is 99.1 Å². The van der Waals surface area contributed by atoms with Gasteiger partial charge in [-0.15, -0.1) is 0 Å². The summed E-state index contributed by atoms with van der Waals surface area (Å²) in [5.41, 5.74) is 23.3. The predicted molar refractivity (Wildman–Crippen MR) is 285 cm³/mol. The number of rotatable bonds is 3. The van der Waals surface area contributed by atoms with Crippen LogP contribution in [0.15, 0.2) is 249 Å². The molecule has 0 unspecified atom stereocenters. The maximum atomic E-state index is 2.56. The number of anilines is 3. The Bertz CT molecular complexity index is 4030. The third-order valence-electron chi connectivity index (χ3n) is 15.4. The smallest absolute Gasteiger partial charge is 0.0726 e. The SMILES string of the molecule is c1ccc2c(c1)-c1ccccc1-c1ccc(N(c3ccc4c5ccccc5c5ccccc5c4c3)c3cccc4c3-c3ccccc3C43c4ccccc4-c4ccccc43)cc1-c1ccccc1-2. The molecule has 12 aromatic rings. The van der Waals surface area contributed by atoms with E-state index < -0.39 is 5.41 Å². The van der Waals surface area contributed by atoms with Gasteiger partial charge in [0.25, 0.3) is 0 Å². The lowest BCUT2D eigenvalue weighted by Gasteiger charge is -2.32. The molecule has 3 aliphatic rings. The van der Waals surface area contributed by atoms with Crippen LogP contribution < -0.4 is 4.90 Å². The highest BCUT2D eigenvalue weighted by Gasteiger charge is 2.52. The van der Waals surface area contributed by atoms with Gasteiger partial charge in [-0.2, -0.15) is 0 Å². The lowest BCUT2D eigenvalue weighted by molar-refractivity contribution is 0.794. The Morgan fingerprint density at radius 2 is 0.574 bits per heavy atom. The molecule has 12 aromatic carbocycles. The Kier molecular flexibility index (Phi) is 7.77. The van der Waals surface area contributed by atoms with Gasteiger partial charge in [-0.1, -0.05) is 218 Å². The summed E-state index contributed by atoms with van der Waals surface area (Å²) in [6.45, 7) is 0. The Labute approximate surface area is 395 Å². The van der Waals surface area contributed by atoms with Gasteiger partial charge in [-0.25, -0.2) is 0 Å². The fourth-order valence-corrected chi connectivity index (χ4v) is 12.8. The molecule has 0 aliphatic heterocycles. The van der Waals surface area contributed by atoms with Gasteiger partial charge in [0, 0.05) is 16.9 Å². The van der Waals surface area contributed by atoms with Crippen LogP contribution in [0.5, 0.6) is 0 Å². The Balaban J connectivity index is 1.06. The van der Waals surface area contributed by atoms with E-state index in [0.29, 0.717) is 0 Å². The van der Waals surface area contributed by atoms with Gasteiger partial charge in [0.15, 0.2) is 0 Å². The van der Waals surface area contributed by atoms with Gasteiger partial charge < -0.3 is 4.90 Å². The molecule has 0 fully saturated rings. The predicted octanol–water partition coefficient (Wildman–Crippen LogP) is 17.9. The Morgan fingerprint density at radius 3 is 1.10 bits per heavy atom. The molecule has 0 amide bonds. The zero-order valence-corrected chi connectivity index (χ0v) is 37.1. The van der Waals surface area contributed by atoms with Crippen molar-refractivity contribution in [1.29, 1.82) is 0 Å². The average molecular weight is 860 g/mol. The molecule has 1 spiro atoms. The van der Waals surface area contributed by atoms with E-state index >= 15 is 0 Å². The van der Waals surface area contributed by atoms with Gasteiger partial charge in [-0.05, 0) is 146 Å². The van der Waals surface area contributed by atoms with Gasteiger partial charge in [0.1, 0.15) is 0 Å². The topological polar surface area (TPSA) is 3.24 Å². The zero-order chi connectivity index (χ0) is 44.5. The van der Waals surface area contributed by atoms with Crippen molar-refractivity contribution < 1.29 is 0 Å². The summed E-state index contributed by atoms with van der Waals surface area (Å²) in [7, 11) is 0. The molecule has 68 heavy (non-hydrogen) atoms. The summed E-state index contributed by atoms with van der Waals surface area (Å²) in [5, 5.41) is 7.57. The summed E-state index contributed by atoms with van der Waals surface area (Å²) in [6.07, 6.45) is 0. The maximum Gasteiger partial charge on any atom is 0.0726 e.